The minimum Gasteiger partial charge on any atom is -0.450 e. The van der Waals surface area contributed by atoms with E-state index in [9.17, 15) is 9.59 Å². The van der Waals surface area contributed by atoms with Gasteiger partial charge in [0.1, 0.15) is 9.88 Å². The highest BCUT2D eigenvalue weighted by Gasteiger charge is 2.26. The Bertz CT molecular complexity index is 831. The van der Waals surface area contributed by atoms with Crippen LogP contribution in [0.5, 0.6) is 0 Å². The zero-order valence-corrected chi connectivity index (χ0v) is 16.9. The largest absolute Gasteiger partial charge is 0.450 e. The molecule has 8 heteroatoms. The number of carbonyl (C=O) groups is 2. The number of aromatic nitrogens is 1. The number of nitrogens with one attached hydrogen (secondary N) is 1. The molecule has 0 saturated carbocycles. The van der Waals surface area contributed by atoms with E-state index in [0.29, 0.717) is 48.1 Å². The van der Waals surface area contributed by atoms with E-state index in [0.717, 1.165) is 10.6 Å². The van der Waals surface area contributed by atoms with Crippen LogP contribution >= 0.6 is 22.9 Å². The second-order valence-corrected chi connectivity index (χ2v) is 7.75. The van der Waals surface area contributed by atoms with Gasteiger partial charge in [-0.1, -0.05) is 29.8 Å². The number of aryl methyl sites for hydroxylation is 1. The van der Waals surface area contributed by atoms with E-state index in [1.165, 1.54) is 11.3 Å². The quantitative estimate of drug-likeness (QED) is 0.827. The summed E-state index contributed by atoms with van der Waals surface area (Å²) < 4.78 is 5.02. The minimum absolute atomic E-state index is 0.0356. The fourth-order valence-corrected chi connectivity index (χ4v) is 4.32. The van der Waals surface area contributed by atoms with Gasteiger partial charge in [0, 0.05) is 24.7 Å². The van der Waals surface area contributed by atoms with Crippen LogP contribution in [-0.4, -0.2) is 47.6 Å². The third-order valence-electron chi connectivity index (χ3n) is 4.46. The molecule has 1 aromatic carbocycles. The van der Waals surface area contributed by atoms with Crippen molar-refractivity contribution in [2.45, 2.75) is 32.7 Å². The van der Waals surface area contributed by atoms with Gasteiger partial charge in [0.2, 0.25) is 0 Å². The third-order valence-corrected chi connectivity index (χ3v) is 5.98. The van der Waals surface area contributed by atoms with Crippen molar-refractivity contribution in [1.29, 1.82) is 0 Å². The van der Waals surface area contributed by atoms with Crippen molar-refractivity contribution in [3.63, 3.8) is 0 Å². The molecule has 1 saturated heterocycles. The molecule has 6 nitrogen and oxygen atoms in total. The molecule has 1 aliphatic heterocycles. The first kappa shape index (κ1) is 19.6. The monoisotopic (exact) mass is 407 g/mol. The van der Waals surface area contributed by atoms with E-state index in [-0.39, 0.29) is 18.0 Å². The maximum Gasteiger partial charge on any atom is 0.409 e. The molecule has 0 spiro atoms. The summed E-state index contributed by atoms with van der Waals surface area (Å²) in [5.41, 5.74) is 1.52. The molecule has 1 N–H and O–H groups in total. The topological polar surface area (TPSA) is 71.5 Å². The van der Waals surface area contributed by atoms with Crippen LogP contribution in [0.4, 0.5) is 4.79 Å². The molecule has 2 amide bonds. The van der Waals surface area contributed by atoms with Crippen molar-refractivity contribution in [3.8, 4) is 10.6 Å². The lowest BCUT2D eigenvalue weighted by Gasteiger charge is -2.31. The van der Waals surface area contributed by atoms with E-state index in [1.54, 1.807) is 11.8 Å². The lowest BCUT2D eigenvalue weighted by atomic mass is 10.1. The smallest absolute Gasteiger partial charge is 0.409 e. The summed E-state index contributed by atoms with van der Waals surface area (Å²) in [4.78, 5) is 31.3. The Morgan fingerprint density at radius 2 is 2.04 bits per heavy atom. The van der Waals surface area contributed by atoms with E-state index < -0.39 is 0 Å². The highest BCUT2D eigenvalue weighted by Crippen LogP contribution is 2.32. The second kappa shape index (κ2) is 8.71. The van der Waals surface area contributed by atoms with Crippen molar-refractivity contribution in [2.75, 3.05) is 19.7 Å². The van der Waals surface area contributed by atoms with Crippen LogP contribution in [0.2, 0.25) is 5.02 Å². The molecular weight excluding hydrogens is 386 g/mol. The Morgan fingerprint density at radius 1 is 1.33 bits per heavy atom. The summed E-state index contributed by atoms with van der Waals surface area (Å²) in [7, 11) is 0. The number of carbonyl (C=O) groups excluding carboxylic acids is 2. The van der Waals surface area contributed by atoms with Crippen LogP contribution in [0, 0.1) is 6.92 Å². The zero-order valence-electron chi connectivity index (χ0n) is 15.3. The number of amides is 2. The number of piperidine rings is 1. The summed E-state index contributed by atoms with van der Waals surface area (Å²) in [6.45, 7) is 5.15. The van der Waals surface area contributed by atoms with Gasteiger partial charge in [-0.25, -0.2) is 9.78 Å². The Morgan fingerprint density at radius 3 is 2.70 bits per heavy atom. The lowest BCUT2D eigenvalue weighted by Crippen LogP contribution is -2.46. The SMILES string of the molecule is CCOC(=O)N1CCC(NC(=O)c2sc(-c3ccccc3Cl)nc2C)CC1. The number of rotatable bonds is 4. The molecule has 0 bridgehead atoms. The predicted octanol–water partition coefficient (Wildman–Crippen LogP) is 4.12. The van der Waals surface area contributed by atoms with Crippen molar-refractivity contribution in [3.05, 3.63) is 39.9 Å². The van der Waals surface area contributed by atoms with Gasteiger partial charge in [0.05, 0.1) is 17.3 Å². The molecular formula is C19H22ClN3O3S. The Balaban J connectivity index is 1.63. The first-order chi connectivity index (χ1) is 13.0. The molecule has 0 aliphatic carbocycles. The summed E-state index contributed by atoms with van der Waals surface area (Å²) in [5.74, 6) is -0.127. The second-order valence-electron chi connectivity index (χ2n) is 6.35. The van der Waals surface area contributed by atoms with E-state index in [4.69, 9.17) is 16.3 Å². The van der Waals surface area contributed by atoms with Crippen molar-refractivity contribution >= 4 is 34.9 Å². The van der Waals surface area contributed by atoms with Gasteiger partial charge in [-0.3, -0.25) is 4.79 Å². The van der Waals surface area contributed by atoms with Crippen LogP contribution in [0.1, 0.15) is 35.1 Å². The van der Waals surface area contributed by atoms with Crippen molar-refractivity contribution in [2.24, 2.45) is 0 Å². The summed E-state index contributed by atoms with van der Waals surface area (Å²) >= 11 is 7.58. The molecule has 2 aromatic rings. The maximum atomic E-state index is 12.7. The first-order valence-electron chi connectivity index (χ1n) is 8.94. The Kier molecular flexibility index (Phi) is 6.34. The molecule has 1 fully saturated rings. The molecule has 3 rings (SSSR count). The van der Waals surface area contributed by atoms with E-state index in [2.05, 4.69) is 10.3 Å². The Labute approximate surface area is 167 Å². The van der Waals surface area contributed by atoms with Gasteiger partial charge in [-0.2, -0.15) is 0 Å². The molecule has 1 aliphatic rings. The number of ether oxygens (including phenoxy) is 1. The standard InChI is InChI=1S/C19H22ClN3O3S/c1-3-26-19(25)23-10-8-13(9-11-23)22-17(24)16-12(2)21-18(27-16)14-6-4-5-7-15(14)20/h4-7,13H,3,8-11H2,1-2H3,(H,22,24). The molecule has 1 aromatic heterocycles. The number of nitrogens with zero attached hydrogens (tertiary/aromatic N) is 2. The fraction of sp³-hybridized carbons (Fsp3) is 0.421. The van der Waals surface area contributed by atoms with Crippen LogP contribution in [0.15, 0.2) is 24.3 Å². The molecule has 144 valence electrons. The van der Waals surface area contributed by atoms with Gasteiger partial charge >= 0.3 is 6.09 Å². The van der Waals surface area contributed by atoms with Gasteiger partial charge in [-0.15, -0.1) is 11.3 Å². The fourth-order valence-electron chi connectivity index (χ4n) is 3.03. The van der Waals surface area contributed by atoms with Crippen LogP contribution in [0.3, 0.4) is 0 Å². The number of hydrogen-bond acceptors (Lipinski definition) is 5. The average molecular weight is 408 g/mol. The highest BCUT2D eigenvalue weighted by molar-refractivity contribution is 7.17. The number of likely N-dealkylation sites (tertiary alicyclic amines) is 1. The highest BCUT2D eigenvalue weighted by atomic mass is 35.5. The predicted molar refractivity (Wildman–Crippen MR) is 106 cm³/mol. The first-order valence-corrected chi connectivity index (χ1v) is 10.1. The van der Waals surface area contributed by atoms with Crippen LogP contribution < -0.4 is 5.32 Å². The number of hydrogen-bond donors (Lipinski definition) is 1. The van der Waals surface area contributed by atoms with Gasteiger partial charge < -0.3 is 15.0 Å². The summed E-state index contributed by atoms with van der Waals surface area (Å²) in [6.07, 6.45) is 1.13. The van der Waals surface area contributed by atoms with Crippen molar-refractivity contribution in [1.82, 2.24) is 15.2 Å². The Hall–Kier alpha value is -2.12. The molecule has 27 heavy (non-hydrogen) atoms. The molecule has 2 heterocycles. The van der Waals surface area contributed by atoms with Gasteiger partial charge in [-0.05, 0) is 32.8 Å². The average Bonchev–Trinajstić information content (AvgIpc) is 3.04. The zero-order chi connectivity index (χ0) is 19.4. The molecule has 0 unspecified atom stereocenters. The van der Waals surface area contributed by atoms with Gasteiger partial charge in [0.25, 0.3) is 5.91 Å². The minimum atomic E-state index is -0.287. The van der Waals surface area contributed by atoms with E-state index >= 15 is 0 Å². The number of thiazole rings is 1. The summed E-state index contributed by atoms with van der Waals surface area (Å²) in [6, 6.07) is 7.50. The third kappa shape index (κ3) is 4.59. The van der Waals surface area contributed by atoms with Crippen LogP contribution in [-0.2, 0) is 4.74 Å². The van der Waals surface area contributed by atoms with Gasteiger partial charge in [0.15, 0.2) is 0 Å². The molecule has 0 atom stereocenters. The molecule has 0 radical (unpaired) electrons. The van der Waals surface area contributed by atoms with Crippen molar-refractivity contribution < 1.29 is 14.3 Å². The summed E-state index contributed by atoms with van der Waals surface area (Å²) in [5, 5.41) is 4.42. The normalized spacial score (nSPS) is 14.9. The number of benzene rings is 1. The van der Waals surface area contributed by atoms with Crippen LogP contribution in [0.25, 0.3) is 10.6 Å². The van der Waals surface area contributed by atoms with E-state index in [1.807, 2.05) is 31.2 Å². The number of halogens is 1. The lowest BCUT2D eigenvalue weighted by molar-refractivity contribution is 0.0862. The maximum absolute atomic E-state index is 12.7.